The Balaban J connectivity index is 1.88. The zero-order chi connectivity index (χ0) is 12.8. The van der Waals surface area contributed by atoms with Gasteiger partial charge in [0.1, 0.15) is 0 Å². The van der Waals surface area contributed by atoms with Crippen LogP contribution in [0.2, 0.25) is 0 Å². The second kappa shape index (κ2) is 7.46. The standard InChI is InChI=1S/C15H30N2O/c1-2-17(12-13-7-6-10-16-11-13)14-8-4-3-5-9-15(14)18/h13-16,18H,2-12H2,1H3. The molecule has 1 heterocycles. The topological polar surface area (TPSA) is 35.5 Å². The summed E-state index contributed by atoms with van der Waals surface area (Å²) in [4.78, 5) is 2.55. The first-order valence-electron chi connectivity index (χ1n) is 7.94. The Morgan fingerprint density at radius 1 is 1.11 bits per heavy atom. The average molecular weight is 254 g/mol. The van der Waals surface area contributed by atoms with Crippen LogP contribution in [0.15, 0.2) is 0 Å². The van der Waals surface area contributed by atoms with Crippen molar-refractivity contribution in [2.75, 3.05) is 26.2 Å². The van der Waals surface area contributed by atoms with Crippen LogP contribution in [0, 0.1) is 5.92 Å². The van der Waals surface area contributed by atoms with Crippen molar-refractivity contribution >= 4 is 0 Å². The molecule has 3 nitrogen and oxygen atoms in total. The van der Waals surface area contributed by atoms with Crippen molar-refractivity contribution in [2.24, 2.45) is 5.92 Å². The molecule has 0 amide bonds. The maximum absolute atomic E-state index is 10.3. The van der Waals surface area contributed by atoms with E-state index in [-0.39, 0.29) is 6.10 Å². The van der Waals surface area contributed by atoms with Crippen molar-refractivity contribution in [2.45, 2.75) is 64.0 Å². The Kier molecular flexibility index (Phi) is 5.93. The lowest BCUT2D eigenvalue weighted by atomic mass is 9.96. The lowest BCUT2D eigenvalue weighted by Crippen LogP contribution is -2.47. The molecule has 1 aliphatic carbocycles. The van der Waals surface area contributed by atoms with E-state index >= 15 is 0 Å². The van der Waals surface area contributed by atoms with Gasteiger partial charge in [-0.1, -0.05) is 26.2 Å². The zero-order valence-electron chi connectivity index (χ0n) is 11.9. The van der Waals surface area contributed by atoms with Gasteiger partial charge >= 0.3 is 0 Å². The van der Waals surface area contributed by atoms with E-state index in [0.29, 0.717) is 6.04 Å². The molecule has 2 fully saturated rings. The highest BCUT2D eigenvalue weighted by atomic mass is 16.3. The monoisotopic (exact) mass is 254 g/mol. The van der Waals surface area contributed by atoms with Crippen LogP contribution in [0.4, 0.5) is 0 Å². The summed E-state index contributed by atoms with van der Waals surface area (Å²) in [6.45, 7) is 6.85. The van der Waals surface area contributed by atoms with E-state index in [4.69, 9.17) is 0 Å². The van der Waals surface area contributed by atoms with Crippen molar-refractivity contribution in [3.05, 3.63) is 0 Å². The Bertz CT molecular complexity index is 229. The number of nitrogens with zero attached hydrogens (tertiary/aromatic N) is 1. The number of nitrogens with one attached hydrogen (secondary N) is 1. The van der Waals surface area contributed by atoms with E-state index < -0.39 is 0 Å². The Morgan fingerprint density at radius 3 is 2.67 bits per heavy atom. The Hall–Kier alpha value is -0.120. The van der Waals surface area contributed by atoms with Gasteiger partial charge in [-0.05, 0) is 51.2 Å². The van der Waals surface area contributed by atoms with Gasteiger partial charge in [0, 0.05) is 12.6 Å². The SMILES string of the molecule is CCN(CC1CCCNC1)C1CCCCCC1O. The highest BCUT2D eigenvalue weighted by Gasteiger charge is 2.28. The van der Waals surface area contributed by atoms with Crippen molar-refractivity contribution in [3.8, 4) is 0 Å². The van der Waals surface area contributed by atoms with Crippen LogP contribution in [0.5, 0.6) is 0 Å². The molecule has 106 valence electrons. The van der Waals surface area contributed by atoms with E-state index in [1.54, 1.807) is 0 Å². The molecule has 0 spiro atoms. The second-order valence-corrected chi connectivity index (χ2v) is 6.07. The van der Waals surface area contributed by atoms with E-state index in [2.05, 4.69) is 17.1 Å². The number of hydrogen-bond acceptors (Lipinski definition) is 3. The van der Waals surface area contributed by atoms with Gasteiger partial charge in [-0.25, -0.2) is 0 Å². The summed E-state index contributed by atoms with van der Waals surface area (Å²) in [7, 11) is 0. The summed E-state index contributed by atoms with van der Waals surface area (Å²) >= 11 is 0. The van der Waals surface area contributed by atoms with Crippen molar-refractivity contribution < 1.29 is 5.11 Å². The van der Waals surface area contributed by atoms with Crippen LogP contribution in [-0.4, -0.2) is 48.3 Å². The van der Waals surface area contributed by atoms with Crippen LogP contribution in [0.25, 0.3) is 0 Å². The fraction of sp³-hybridized carbons (Fsp3) is 1.00. The molecular formula is C15H30N2O. The molecule has 1 aliphatic heterocycles. The highest BCUT2D eigenvalue weighted by molar-refractivity contribution is 4.83. The quantitative estimate of drug-likeness (QED) is 0.753. The van der Waals surface area contributed by atoms with Gasteiger partial charge in [-0.15, -0.1) is 0 Å². The lowest BCUT2D eigenvalue weighted by molar-refractivity contribution is 0.0361. The summed E-state index contributed by atoms with van der Waals surface area (Å²) in [5.74, 6) is 0.786. The van der Waals surface area contributed by atoms with Crippen molar-refractivity contribution in [3.63, 3.8) is 0 Å². The molecule has 3 atom stereocenters. The van der Waals surface area contributed by atoms with Gasteiger partial charge in [0.05, 0.1) is 6.10 Å². The smallest absolute Gasteiger partial charge is 0.0695 e. The van der Waals surface area contributed by atoms with Gasteiger partial charge in [-0.3, -0.25) is 4.90 Å². The number of likely N-dealkylation sites (N-methyl/N-ethyl adjacent to an activating group) is 1. The Labute approximate surface area is 112 Å². The third-order valence-corrected chi connectivity index (χ3v) is 4.71. The molecule has 0 aromatic carbocycles. The molecule has 3 heteroatoms. The number of hydrogen-bond donors (Lipinski definition) is 2. The first-order chi connectivity index (χ1) is 8.81. The first kappa shape index (κ1) is 14.3. The van der Waals surface area contributed by atoms with Gasteiger partial charge in [0.25, 0.3) is 0 Å². The fourth-order valence-electron chi connectivity index (χ4n) is 3.60. The fourth-order valence-corrected chi connectivity index (χ4v) is 3.60. The van der Waals surface area contributed by atoms with E-state index in [0.717, 1.165) is 18.9 Å². The maximum Gasteiger partial charge on any atom is 0.0695 e. The molecule has 1 saturated carbocycles. The normalized spacial score (nSPS) is 34.5. The van der Waals surface area contributed by atoms with Gasteiger partial charge in [0.2, 0.25) is 0 Å². The lowest BCUT2D eigenvalue weighted by Gasteiger charge is -2.36. The number of aliphatic hydroxyl groups excluding tert-OH is 1. The summed E-state index contributed by atoms with van der Waals surface area (Å²) in [5, 5.41) is 13.8. The van der Waals surface area contributed by atoms with Crippen molar-refractivity contribution in [1.82, 2.24) is 10.2 Å². The van der Waals surface area contributed by atoms with Crippen LogP contribution in [0.1, 0.15) is 51.9 Å². The minimum absolute atomic E-state index is 0.0935. The Morgan fingerprint density at radius 2 is 1.94 bits per heavy atom. The molecular weight excluding hydrogens is 224 g/mol. The van der Waals surface area contributed by atoms with E-state index in [1.165, 1.54) is 58.2 Å². The van der Waals surface area contributed by atoms with Crippen LogP contribution in [0.3, 0.4) is 0 Å². The number of piperidine rings is 1. The molecule has 0 aromatic heterocycles. The van der Waals surface area contributed by atoms with Crippen LogP contribution in [-0.2, 0) is 0 Å². The minimum Gasteiger partial charge on any atom is -0.391 e. The summed E-state index contributed by atoms with van der Waals surface area (Å²) < 4.78 is 0. The van der Waals surface area contributed by atoms with Crippen LogP contribution < -0.4 is 5.32 Å². The number of rotatable bonds is 4. The van der Waals surface area contributed by atoms with Crippen LogP contribution >= 0.6 is 0 Å². The molecule has 2 rings (SSSR count). The first-order valence-corrected chi connectivity index (χ1v) is 7.94. The second-order valence-electron chi connectivity index (χ2n) is 6.07. The molecule has 0 bridgehead atoms. The predicted molar refractivity (Wildman–Crippen MR) is 75.7 cm³/mol. The summed E-state index contributed by atoms with van der Waals surface area (Å²) in [6, 6.07) is 0.416. The predicted octanol–water partition coefficient (Wildman–Crippen LogP) is 2.00. The van der Waals surface area contributed by atoms with Gasteiger partial charge < -0.3 is 10.4 Å². The van der Waals surface area contributed by atoms with Gasteiger partial charge in [0.15, 0.2) is 0 Å². The average Bonchev–Trinajstić information content (AvgIpc) is 2.62. The summed E-state index contributed by atoms with van der Waals surface area (Å²) in [5.41, 5.74) is 0. The minimum atomic E-state index is -0.0935. The molecule has 1 saturated heterocycles. The third kappa shape index (κ3) is 3.94. The maximum atomic E-state index is 10.3. The molecule has 3 unspecified atom stereocenters. The van der Waals surface area contributed by atoms with E-state index in [9.17, 15) is 5.11 Å². The number of aliphatic hydroxyl groups is 1. The molecule has 2 N–H and O–H groups in total. The largest absolute Gasteiger partial charge is 0.391 e. The molecule has 2 aliphatic rings. The highest BCUT2D eigenvalue weighted by Crippen LogP contribution is 2.24. The van der Waals surface area contributed by atoms with Gasteiger partial charge in [-0.2, -0.15) is 0 Å². The molecule has 18 heavy (non-hydrogen) atoms. The van der Waals surface area contributed by atoms with E-state index in [1.807, 2.05) is 0 Å². The summed E-state index contributed by atoms with van der Waals surface area (Å²) in [6.07, 6.45) is 8.57. The molecule has 0 aromatic rings. The zero-order valence-corrected chi connectivity index (χ0v) is 11.9. The van der Waals surface area contributed by atoms with Crippen molar-refractivity contribution in [1.29, 1.82) is 0 Å². The third-order valence-electron chi connectivity index (χ3n) is 4.71. The molecule has 0 radical (unpaired) electrons.